The Labute approximate surface area is 170 Å². The van der Waals surface area contributed by atoms with Gasteiger partial charge in [-0.25, -0.2) is 4.79 Å². The molecule has 4 heteroatoms. The van der Waals surface area contributed by atoms with E-state index in [1.54, 1.807) is 0 Å². The van der Waals surface area contributed by atoms with Crippen LogP contribution in [0.4, 0.5) is 4.79 Å². The van der Waals surface area contributed by atoms with Gasteiger partial charge < -0.3 is 9.64 Å². The number of rotatable bonds is 5. The summed E-state index contributed by atoms with van der Waals surface area (Å²) >= 11 is 3.50. The summed E-state index contributed by atoms with van der Waals surface area (Å²) in [6.45, 7) is 10.8. The number of cyclic esters (lactones) is 1. The molecule has 2 aromatic rings. The SMILES string of the molecule is C=C(C)C[C@]1(c2ccccc2)CCN([C@@H](C)c2ccc(Br)cc2C)C(=O)O1. The van der Waals surface area contributed by atoms with E-state index in [9.17, 15) is 4.79 Å². The average molecular weight is 428 g/mol. The van der Waals surface area contributed by atoms with Crippen LogP contribution >= 0.6 is 15.9 Å². The highest BCUT2D eigenvalue weighted by atomic mass is 79.9. The van der Waals surface area contributed by atoms with Gasteiger partial charge in [0.05, 0.1) is 6.04 Å². The maximum atomic E-state index is 13.0. The smallest absolute Gasteiger partial charge is 0.411 e. The van der Waals surface area contributed by atoms with Crippen molar-refractivity contribution in [2.45, 2.75) is 45.3 Å². The van der Waals surface area contributed by atoms with Gasteiger partial charge in [-0.15, -0.1) is 0 Å². The molecule has 2 aromatic carbocycles. The molecule has 1 aliphatic rings. The highest BCUT2D eigenvalue weighted by Gasteiger charge is 2.43. The lowest BCUT2D eigenvalue weighted by molar-refractivity contribution is -0.0603. The largest absolute Gasteiger partial charge is 0.437 e. The summed E-state index contributed by atoms with van der Waals surface area (Å²) in [6.07, 6.45) is 1.12. The molecule has 2 atom stereocenters. The van der Waals surface area contributed by atoms with Gasteiger partial charge in [-0.1, -0.05) is 64.5 Å². The van der Waals surface area contributed by atoms with Crippen molar-refractivity contribution >= 4 is 22.0 Å². The molecular weight excluding hydrogens is 402 g/mol. The van der Waals surface area contributed by atoms with Crippen LogP contribution in [-0.2, 0) is 10.3 Å². The van der Waals surface area contributed by atoms with Crippen LogP contribution in [0.1, 0.15) is 49.4 Å². The van der Waals surface area contributed by atoms with E-state index in [-0.39, 0.29) is 12.1 Å². The summed E-state index contributed by atoms with van der Waals surface area (Å²) in [6, 6.07) is 16.2. The second-order valence-corrected chi connectivity index (χ2v) is 8.40. The summed E-state index contributed by atoms with van der Waals surface area (Å²) in [5.74, 6) is 0. The van der Waals surface area contributed by atoms with Gasteiger partial charge in [0.15, 0.2) is 0 Å². The Morgan fingerprint density at radius 1 is 1.30 bits per heavy atom. The zero-order chi connectivity index (χ0) is 19.6. The fourth-order valence-corrected chi connectivity index (χ4v) is 4.43. The molecule has 27 heavy (non-hydrogen) atoms. The molecular formula is C23H26BrNO2. The molecule has 1 amide bonds. The Bertz CT molecular complexity index is 849. The second kappa shape index (κ2) is 7.89. The van der Waals surface area contributed by atoms with E-state index in [0.29, 0.717) is 13.0 Å². The number of amides is 1. The van der Waals surface area contributed by atoms with Crippen molar-refractivity contribution in [2.75, 3.05) is 6.54 Å². The standard InChI is InChI=1S/C23H26BrNO2/c1-16(2)15-23(19-8-6-5-7-9-19)12-13-25(22(26)27-23)18(4)21-11-10-20(24)14-17(21)3/h5-11,14,18H,1,12-13,15H2,2-4H3/t18-,23-/m0/s1. The van der Waals surface area contributed by atoms with Crippen LogP contribution in [0.25, 0.3) is 0 Å². The maximum absolute atomic E-state index is 13.0. The number of halogens is 1. The first-order chi connectivity index (χ1) is 12.8. The van der Waals surface area contributed by atoms with Crippen molar-refractivity contribution in [1.29, 1.82) is 0 Å². The molecule has 0 spiro atoms. The Morgan fingerprint density at radius 3 is 2.59 bits per heavy atom. The van der Waals surface area contributed by atoms with Crippen LogP contribution in [0, 0.1) is 6.92 Å². The minimum atomic E-state index is -0.630. The fraction of sp³-hybridized carbons (Fsp3) is 0.348. The van der Waals surface area contributed by atoms with E-state index in [1.165, 1.54) is 0 Å². The zero-order valence-electron chi connectivity index (χ0n) is 16.2. The van der Waals surface area contributed by atoms with Gasteiger partial charge in [-0.3, -0.25) is 0 Å². The summed E-state index contributed by atoms with van der Waals surface area (Å²) in [4.78, 5) is 14.9. The highest BCUT2D eigenvalue weighted by Crippen LogP contribution is 2.41. The maximum Gasteiger partial charge on any atom is 0.411 e. The predicted molar refractivity (Wildman–Crippen MR) is 113 cm³/mol. The number of hydrogen-bond donors (Lipinski definition) is 0. The summed E-state index contributed by atoms with van der Waals surface area (Å²) < 4.78 is 7.15. The highest BCUT2D eigenvalue weighted by molar-refractivity contribution is 9.10. The average Bonchev–Trinajstić information content (AvgIpc) is 2.61. The van der Waals surface area contributed by atoms with Crippen LogP contribution in [-0.4, -0.2) is 17.5 Å². The third kappa shape index (κ3) is 4.11. The number of nitrogens with zero attached hydrogens (tertiary/aromatic N) is 1. The third-order valence-corrected chi connectivity index (χ3v) is 5.80. The normalized spacial score (nSPS) is 20.9. The lowest BCUT2D eigenvalue weighted by Gasteiger charge is -2.44. The molecule has 0 saturated carbocycles. The number of aryl methyl sites for hydroxylation is 1. The van der Waals surface area contributed by atoms with E-state index in [0.717, 1.165) is 33.2 Å². The summed E-state index contributed by atoms with van der Waals surface area (Å²) in [5.41, 5.74) is 3.72. The van der Waals surface area contributed by atoms with Crippen LogP contribution in [0.5, 0.6) is 0 Å². The summed E-state index contributed by atoms with van der Waals surface area (Å²) in [7, 11) is 0. The minimum Gasteiger partial charge on any atom is -0.437 e. The van der Waals surface area contributed by atoms with Gasteiger partial charge >= 0.3 is 6.09 Å². The number of carbonyl (C=O) groups excluding carboxylic acids is 1. The number of ether oxygens (including phenoxy) is 1. The van der Waals surface area contributed by atoms with E-state index in [1.807, 2.05) is 48.2 Å². The monoisotopic (exact) mass is 427 g/mol. The lowest BCUT2D eigenvalue weighted by Crippen LogP contribution is -2.48. The van der Waals surface area contributed by atoms with Crippen molar-refractivity contribution in [2.24, 2.45) is 0 Å². The van der Waals surface area contributed by atoms with E-state index in [2.05, 4.69) is 48.5 Å². The molecule has 0 bridgehead atoms. The fourth-order valence-electron chi connectivity index (χ4n) is 3.96. The first-order valence-electron chi connectivity index (χ1n) is 9.28. The van der Waals surface area contributed by atoms with Gasteiger partial charge in [-0.2, -0.15) is 0 Å². The van der Waals surface area contributed by atoms with Gasteiger partial charge in [-0.05, 0) is 49.6 Å². The van der Waals surface area contributed by atoms with Gasteiger partial charge in [0.1, 0.15) is 5.60 Å². The Kier molecular flexibility index (Phi) is 5.75. The molecule has 3 nitrogen and oxygen atoms in total. The van der Waals surface area contributed by atoms with Gasteiger partial charge in [0.2, 0.25) is 0 Å². The topological polar surface area (TPSA) is 29.5 Å². The first-order valence-corrected chi connectivity index (χ1v) is 10.1. The van der Waals surface area contributed by atoms with E-state index < -0.39 is 5.60 Å². The van der Waals surface area contributed by atoms with Crippen LogP contribution in [0.3, 0.4) is 0 Å². The van der Waals surface area contributed by atoms with Crippen molar-refractivity contribution in [1.82, 2.24) is 4.90 Å². The second-order valence-electron chi connectivity index (χ2n) is 7.48. The quantitative estimate of drug-likeness (QED) is 0.508. The van der Waals surface area contributed by atoms with Gasteiger partial charge in [0, 0.05) is 23.9 Å². The molecule has 0 aliphatic carbocycles. The lowest BCUT2D eigenvalue weighted by atomic mass is 9.83. The van der Waals surface area contributed by atoms with Crippen molar-refractivity contribution < 1.29 is 9.53 Å². The molecule has 0 radical (unpaired) electrons. The van der Waals surface area contributed by atoms with E-state index >= 15 is 0 Å². The molecule has 0 N–H and O–H groups in total. The van der Waals surface area contributed by atoms with Gasteiger partial charge in [0.25, 0.3) is 0 Å². The van der Waals surface area contributed by atoms with Crippen molar-refractivity contribution in [3.63, 3.8) is 0 Å². The first kappa shape index (κ1) is 19.7. The molecule has 1 fully saturated rings. The molecule has 3 rings (SSSR count). The molecule has 0 aromatic heterocycles. The molecule has 1 heterocycles. The number of benzene rings is 2. The summed E-state index contributed by atoms with van der Waals surface area (Å²) in [5, 5.41) is 0. The molecule has 1 saturated heterocycles. The van der Waals surface area contributed by atoms with Crippen LogP contribution in [0.2, 0.25) is 0 Å². The predicted octanol–water partition coefficient (Wildman–Crippen LogP) is 6.52. The zero-order valence-corrected chi connectivity index (χ0v) is 17.8. The third-order valence-electron chi connectivity index (χ3n) is 5.31. The van der Waals surface area contributed by atoms with Crippen molar-refractivity contribution in [3.8, 4) is 0 Å². The number of hydrogen-bond acceptors (Lipinski definition) is 2. The van der Waals surface area contributed by atoms with E-state index in [4.69, 9.17) is 4.74 Å². The van der Waals surface area contributed by atoms with Crippen LogP contribution in [0.15, 0.2) is 65.2 Å². The molecule has 0 unspecified atom stereocenters. The molecule has 1 aliphatic heterocycles. The van der Waals surface area contributed by atoms with Crippen LogP contribution < -0.4 is 0 Å². The van der Waals surface area contributed by atoms with Crippen molar-refractivity contribution in [3.05, 3.63) is 81.8 Å². The Hall–Kier alpha value is -2.07. The number of carbonyl (C=O) groups is 1. The Balaban J connectivity index is 1.87. The molecule has 142 valence electrons. The minimum absolute atomic E-state index is 0.0378. The Morgan fingerprint density at radius 2 is 2.00 bits per heavy atom.